The van der Waals surface area contributed by atoms with Gasteiger partial charge in [0, 0.05) is 23.9 Å². The van der Waals surface area contributed by atoms with Crippen molar-refractivity contribution in [1.29, 1.82) is 5.26 Å². The summed E-state index contributed by atoms with van der Waals surface area (Å²) < 4.78 is 23.7. The quantitative estimate of drug-likeness (QED) is 0.916. The van der Waals surface area contributed by atoms with E-state index in [1.54, 1.807) is 37.4 Å². The monoisotopic (exact) mass is 286 g/mol. The molecule has 0 atom stereocenters. The summed E-state index contributed by atoms with van der Waals surface area (Å²) in [7, 11) is 2.99. The Labute approximate surface area is 122 Å². The van der Waals surface area contributed by atoms with E-state index in [9.17, 15) is 4.39 Å². The summed E-state index contributed by atoms with van der Waals surface area (Å²) in [6.45, 7) is 0.421. The lowest BCUT2D eigenvalue weighted by atomic mass is 10.1. The molecule has 0 bridgehead atoms. The Balaban J connectivity index is 2.16. The topological polar surface area (TPSA) is 54.3 Å². The van der Waals surface area contributed by atoms with Crippen molar-refractivity contribution in [2.24, 2.45) is 0 Å². The molecule has 0 aliphatic carbocycles. The molecule has 0 radical (unpaired) electrons. The van der Waals surface area contributed by atoms with Crippen LogP contribution in [0.4, 0.5) is 10.1 Å². The summed E-state index contributed by atoms with van der Waals surface area (Å²) in [6.07, 6.45) is 0. The van der Waals surface area contributed by atoms with Gasteiger partial charge in [-0.15, -0.1) is 0 Å². The Morgan fingerprint density at radius 3 is 2.43 bits per heavy atom. The van der Waals surface area contributed by atoms with Crippen molar-refractivity contribution in [2.75, 3.05) is 19.5 Å². The second-order valence-corrected chi connectivity index (χ2v) is 4.34. The molecule has 0 saturated heterocycles. The number of hydrogen-bond donors (Lipinski definition) is 1. The number of nitriles is 1. The zero-order chi connectivity index (χ0) is 15.2. The Morgan fingerprint density at radius 2 is 1.81 bits per heavy atom. The molecule has 4 nitrogen and oxygen atoms in total. The lowest BCUT2D eigenvalue weighted by Gasteiger charge is -2.11. The third kappa shape index (κ3) is 3.42. The van der Waals surface area contributed by atoms with E-state index in [0.29, 0.717) is 23.5 Å². The van der Waals surface area contributed by atoms with Crippen molar-refractivity contribution in [3.05, 3.63) is 53.3 Å². The number of methoxy groups -OCH3 is 2. The van der Waals surface area contributed by atoms with Crippen LogP contribution in [0.15, 0.2) is 36.4 Å². The van der Waals surface area contributed by atoms with Gasteiger partial charge < -0.3 is 14.8 Å². The van der Waals surface area contributed by atoms with Crippen LogP contribution in [0, 0.1) is 17.1 Å². The standard InChI is InChI=1S/C16H15FN2O2/c1-20-15-5-3-11(9-18)7-12(15)10-19-13-4-6-16(21-2)14(17)8-13/h3-8,19H,10H2,1-2H3. The molecule has 0 unspecified atom stereocenters. The SMILES string of the molecule is COc1ccc(NCc2cc(C#N)ccc2OC)cc1F. The van der Waals surface area contributed by atoms with E-state index in [-0.39, 0.29) is 5.75 Å². The Kier molecular flexibility index (Phi) is 4.62. The molecule has 2 aromatic rings. The lowest BCUT2D eigenvalue weighted by Crippen LogP contribution is -2.03. The van der Waals surface area contributed by atoms with Crippen LogP contribution in [-0.2, 0) is 6.54 Å². The minimum absolute atomic E-state index is 0.199. The third-order valence-corrected chi connectivity index (χ3v) is 3.04. The predicted molar refractivity (Wildman–Crippen MR) is 78.0 cm³/mol. The van der Waals surface area contributed by atoms with Gasteiger partial charge in [0.15, 0.2) is 11.6 Å². The highest BCUT2D eigenvalue weighted by Crippen LogP contribution is 2.23. The molecule has 0 aromatic heterocycles. The number of anilines is 1. The van der Waals surface area contributed by atoms with Gasteiger partial charge in [-0.05, 0) is 30.3 Å². The van der Waals surface area contributed by atoms with E-state index in [0.717, 1.165) is 5.56 Å². The number of benzene rings is 2. The number of halogens is 1. The molecule has 0 saturated carbocycles. The summed E-state index contributed by atoms with van der Waals surface area (Å²) in [5, 5.41) is 12.0. The van der Waals surface area contributed by atoms with Gasteiger partial charge in [-0.1, -0.05) is 0 Å². The first-order chi connectivity index (χ1) is 10.2. The van der Waals surface area contributed by atoms with Gasteiger partial charge in [0.1, 0.15) is 5.75 Å². The van der Waals surface area contributed by atoms with E-state index in [4.69, 9.17) is 14.7 Å². The molecule has 5 heteroatoms. The van der Waals surface area contributed by atoms with Crippen molar-refractivity contribution in [1.82, 2.24) is 0 Å². The maximum atomic E-state index is 13.6. The van der Waals surface area contributed by atoms with Crippen LogP contribution in [0.5, 0.6) is 11.5 Å². The fraction of sp³-hybridized carbons (Fsp3) is 0.188. The fourth-order valence-corrected chi connectivity index (χ4v) is 1.96. The molecule has 2 rings (SSSR count). The van der Waals surface area contributed by atoms with Gasteiger partial charge in [-0.2, -0.15) is 5.26 Å². The largest absolute Gasteiger partial charge is 0.496 e. The number of ether oxygens (including phenoxy) is 2. The molecule has 0 aliphatic rings. The van der Waals surface area contributed by atoms with E-state index in [1.807, 2.05) is 0 Å². The highest BCUT2D eigenvalue weighted by Gasteiger charge is 2.06. The molecular weight excluding hydrogens is 271 g/mol. The van der Waals surface area contributed by atoms with Crippen molar-refractivity contribution in [3.8, 4) is 17.6 Å². The van der Waals surface area contributed by atoms with Crippen LogP contribution in [-0.4, -0.2) is 14.2 Å². The average Bonchev–Trinajstić information content (AvgIpc) is 2.52. The summed E-state index contributed by atoms with van der Waals surface area (Å²) in [4.78, 5) is 0. The Hall–Kier alpha value is -2.74. The fourth-order valence-electron chi connectivity index (χ4n) is 1.96. The molecular formula is C16H15FN2O2. The van der Waals surface area contributed by atoms with E-state index >= 15 is 0 Å². The molecule has 1 N–H and O–H groups in total. The summed E-state index contributed by atoms with van der Waals surface area (Å²) in [5.41, 5.74) is 2.00. The van der Waals surface area contributed by atoms with Crippen LogP contribution >= 0.6 is 0 Å². The van der Waals surface area contributed by atoms with Crippen molar-refractivity contribution in [2.45, 2.75) is 6.54 Å². The molecule has 2 aromatic carbocycles. The molecule has 0 heterocycles. The summed E-state index contributed by atoms with van der Waals surface area (Å²) in [5.74, 6) is 0.445. The first-order valence-electron chi connectivity index (χ1n) is 6.32. The van der Waals surface area contributed by atoms with Gasteiger partial charge in [0.2, 0.25) is 0 Å². The Morgan fingerprint density at radius 1 is 1.10 bits per heavy atom. The smallest absolute Gasteiger partial charge is 0.167 e. The van der Waals surface area contributed by atoms with Crippen LogP contribution in [0.1, 0.15) is 11.1 Å². The first-order valence-corrected chi connectivity index (χ1v) is 6.32. The van der Waals surface area contributed by atoms with E-state index in [1.165, 1.54) is 13.2 Å². The first kappa shape index (κ1) is 14.7. The van der Waals surface area contributed by atoms with Gasteiger partial charge in [0.05, 0.1) is 25.9 Å². The number of nitrogens with one attached hydrogen (secondary N) is 1. The Bertz CT molecular complexity index is 680. The van der Waals surface area contributed by atoms with Gasteiger partial charge in [0.25, 0.3) is 0 Å². The highest BCUT2D eigenvalue weighted by atomic mass is 19.1. The van der Waals surface area contributed by atoms with Gasteiger partial charge in [-0.3, -0.25) is 0 Å². The molecule has 21 heavy (non-hydrogen) atoms. The number of nitrogens with zero attached hydrogens (tertiary/aromatic N) is 1. The molecule has 0 spiro atoms. The van der Waals surface area contributed by atoms with Gasteiger partial charge in [-0.25, -0.2) is 4.39 Å². The molecule has 0 fully saturated rings. The second-order valence-electron chi connectivity index (χ2n) is 4.34. The van der Waals surface area contributed by atoms with Gasteiger partial charge >= 0.3 is 0 Å². The maximum absolute atomic E-state index is 13.6. The van der Waals surface area contributed by atoms with Crippen LogP contribution < -0.4 is 14.8 Å². The third-order valence-electron chi connectivity index (χ3n) is 3.04. The van der Waals surface area contributed by atoms with Crippen molar-refractivity contribution < 1.29 is 13.9 Å². The van der Waals surface area contributed by atoms with Crippen LogP contribution in [0.25, 0.3) is 0 Å². The van der Waals surface area contributed by atoms with Crippen molar-refractivity contribution >= 4 is 5.69 Å². The lowest BCUT2D eigenvalue weighted by molar-refractivity contribution is 0.386. The minimum Gasteiger partial charge on any atom is -0.496 e. The molecule has 108 valence electrons. The van der Waals surface area contributed by atoms with Crippen LogP contribution in [0.2, 0.25) is 0 Å². The molecule has 0 aliphatic heterocycles. The van der Waals surface area contributed by atoms with Crippen molar-refractivity contribution in [3.63, 3.8) is 0 Å². The zero-order valence-corrected chi connectivity index (χ0v) is 11.8. The number of hydrogen-bond acceptors (Lipinski definition) is 4. The normalized spacial score (nSPS) is 9.81. The molecule has 0 amide bonds. The predicted octanol–water partition coefficient (Wildman–Crippen LogP) is 3.33. The summed E-state index contributed by atoms with van der Waals surface area (Å²) >= 11 is 0. The highest BCUT2D eigenvalue weighted by molar-refractivity contribution is 5.49. The van der Waals surface area contributed by atoms with E-state index in [2.05, 4.69) is 11.4 Å². The van der Waals surface area contributed by atoms with Crippen LogP contribution in [0.3, 0.4) is 0 Å². The van der Waals surface area contributed by atoms with E-state index < -0.39 is 5.82 Å². The maximum Gasteiger partial charge on any atom is 0.167 e. The second kappa shape index (κ2) is 6.62. The summed E-state index contributed by atoms with van der Waals surface area (Å²) in [6, 6.07) is 11.9. The zero-order valence-electron chi connectivity index (χ0n) is 11.8. The number of rotatable bonds is 5. The average molecular weight is 286 g/mol. The minimum atomic E-state index is -0.430.